The van der Waals surface area contributed by atoms with Crippen molar-refractivity contribution in [2.45, 2.75) is 58.1 Å². The molecule has 174 valence electrons. The summed E-state index contributed by atoms with van der Waals surface area (Å²) in [5.41, 5.74) is -3.10. The van der Waals surface area contributed by atoms with Gasteiger partial charge in [-0.1, -0.05) is 19.6 Å². The van der Waals surface area contributed by atoms with E-state index < -0.39 is 36.8 Å². The molecule has 0 saturated carbocycles. The molecule has 0 aliphatic carbocycles. The van der Waals surface area contributed by atoms with Gasteiger partial charge in [0.05, 0.1) is 29.3 Å². The minimum Gasteiger partial charge on any atom is -0.407 e. The first-order valence-electron chi connectivity index (χ1n) is 10.0. The molecule has 0 aliphatic heterocycles. The Morgan fingerprint density at radius 2 is 1.78 bits per heavy atom. The van der Waals surface area contributed by atoms with Crippen LogP contribution in [0.2, 0.25) is 25.7 Å². The highest BCUT2D eigenvalue weighted by Gasteiger charge is 2.36. The lowest BCUT2D eigenvalue weighted by molar-refractivity contribution is -0.136. The molecule has 2 heterocycles. The van der Waals surface area contributed by atoms with Gasteiger partial charge in [-0.2, -0.15) is 13.2 Å². The smallest absolute Gasteiger partial charge is 0.407 e. The second-order valence-electron chi connectivity index (χ2n) is 9.24. The third-order valence-electron chi connectivity index (χ3n) is 4.87. The molecule has 6 nitrogen and oxygen atoms in total. The fourth-order valence-corrected chi connectivity index (χ4v) is 3.79. The molecule has 0 N–H and O–H groups in total. The third-order valence-corrected chi connectivity index (χ3v) is 6.57. The molecule has 1 aromatic carbocycles. The quantitative estimate of drug-likeness (QED) is 0.255. The van der Waals surface area contributed by atoms with Gasteiger partial charge < -0.3 is 9.15 Å². The van der Waals surface area contributed by atoms with Gasteiger partial charge in [-0.05, 0) is 32.0 Å². The number of aromatic nitrogens is 3. The van der Waals surface area contributed by atoms with E-state index in [2.05, 4.69) is 29.6 Å². The van der Waals surface area contributed by atoms with Crippen LogP contribution in [0.15, 0.2) is 33.7 Å². The number of rotatable bonds is 7. The normalized spacial score (nSPS) is 13.2. The van der Waals surface area contributed by atoms with E-state index in [4.69, 9.17) is 9.15 Å². The molecule has 11 heteroatoms. The second kappa shape index (κ2) is 8.43. The van der Waals surface area contributed by atoms with Gasteiger partial charge in [0.15, 0.2) is 5.58 Å². The van der Waals surface area contributed by atoms with Crippen molar-refractivity contribution < 1.29 is 26.7 Å². The van der Waals surface area contributed by atoms with Crippen molar-refractivity contribution in [3.8, 4) is 11.3 Å². The van der Waals surface area contributed by atoms with Gasteiger partial charge >= 0.3 is 11.9 Å². The number of fused-ring (bicyclic) bond motifs is 1. The van der Waals surface area contributed by atoms with Gasteiger partial charge in [-0.25, -0.2) is 13.8 Å². The van der Waals surface area contributed by atoms with Crippen LogP contribution in [0, 0.1) is 0 Å². The molecular formula is C21H25F4N3O3Si. The largest absolute Gasteiger partial charge is 0.421 e. The van der Waals surface area contributed by atoms with Gasteiger partial charge in [-0.3, -0.25) is 9.97 Å². The van der Waals surface area contributed by atoms with Gasteiger partial charge in [-0.15, -0.1) is 0 Å². The molecule has 2 aromatic heterocycles. The Kier molecular flexibility index (Phi) is 6.35. The van der Waals surface area contributed by atoms with Crippen molar-refractivity contribution in [2.75, 3.05) is 6.61 Å². The molecule has 0 spiro atoms. The van der Waals surface area contributed by atoms with Crippen LogP contribution >= 0.6 is 0 Å². The molecule has 3 rings (SSSR count). The zero-order valence-corrected chi connectivity index (χ0v) is 19.5. The topological polar surface area (TPSA) is 70.2 Å². The van der Waals surface area contributed by atoms with E-state index >= 15 is 0 Å². The first kappa shape index (κ1) is 24.1. The Morgan fingerprint density at radius 3 is 2.31 bits per heavy atom. The van der Waals surface area contributed by atoms with Crippen LogP contribution in [0.5, 0.6) is 0 Å². The van der Waals surface area contributed by atoms with Crippen molar-refractivity contribution in [1.82, 2.24) is 14.5 Å². The molecular weight excluding hydrogens is 446 g/mol. The molecule has 0 atom stereocenters. The summed E-state index contributed by atoms with van der Waals surface area (Å²) in [6.07, 6.45) is -2.28. The lowest BCUT2D eigenvalue weighted by Crippen LogP contribution is -2.23. The highest BCUT2D eigenvalue weighted by molar-refractivity contribution is 6.76. The molecule has 0 radical (unpaired) electrons. The third kappa shape index (κ3) is 5.26. The van der Waals surface area contributed by atoms with Crippen molar-refractivity contribution in [3.63, 3.8) is 0 Å². The number of alkyl halides is 4. The first-order valence-corrected chi connectivity index (χ1v) is 13.7. The molecule has 3 aromatic rings. The minimum atomic E-state index is -4.72. The highest BCUT2D eigenvalue weighted by atomic mass is 28.3. The maximum absolute atomic E-state index is 14.1. The predicted octanol–water partition coefficient (Wildman–Crippen LogP) is 5.59. The SMILES string of the molecule is CC(C)(F)c1cnc(-c2ccc(C(F)(F)F)c3c2oc(=O)n3COCC[Si](C)(C)C)cn1. The van der Waals surface area contributed by atoms with Crippen molar-refractivity contribution >= 4 is 19.2 Å². The van der Waals surface area contributed by atoms with Gasteiger partial charge in [0.25, 0.3) is 0 Å². The summed E-state index contributed by atoms with van der Waals surface area (Å²) < 4.78 is 66.7. The summed E-state index contributed by atoms with van der Waals surface area (Å²) in [5.74, 6) is -0.972. The fraction of sp³-hybridized carbons (Fsp3) is 0.476. The lowest BCUT2D eigenvalue weighted by atomic mass is 10.1. The average Bonchev–Trinajstić information content (AvgIpc) is 2.98. The highest BCUT2D eigenvalue weighted by Crippen LogP contribution is 2.38. The van der Waals surface area contributed by atoms with E-state index in [1.54, 1.807) is 0 Å². The van der Waals surface area contributed by atoms with Crippen LogP contribution in [-0.4, -0.2) is 29.2 Å². The Morgan fingerprint density at radius 1 is 1.09 bits per heavy atom. The predicted molar refractivity (Wildman–Crippen MR) is 115 cm³/mol. The summed E-state index contributed by atoms with van der Waals surface area (Å²) in [5, 5.41) is 0. The molecule has 0 aliphatic rings. The van der Waals surface area contributed by atoms with Crippen molar-refractivity contribution in [3.05, 3.63) is 46.3 Å². The maximum atomic E-state index is 14.1. The number of ether oxygens (including phenoxy) is 1. The van der Waals surface area contributed by atoms with E-state index in [1.165, 1.54) is 26.2 Å². The summed E-state index contributed by atoms with van der Waals surface area (Å²) in [6, 6.07) is 2.82. The van der Waals surface area contributed by atoms with Crippen LogP contribution in [0.3, 0.4) is 0 Å². The summed E-state index contributed by atoms with van der Waals surface area (Å²) in [6.45, 7) is 8.99. The zero-order chi connectivity index (χ0) is 23.9. The summed E-state index contributed by atoms with van der Waals surface area (Å²) in [7, 11) is -1.42. The average molecular weight is 472 g/mol. The Balaban J connectivity index is 2.08. The van der Waals surface area contributed by atoms with Crippen LogP contribution in [0.1, 0.15) is 25.1 Å². The number of nitrogens with zero attached hydrogens (tertiary/aromatic N) is 3. The molecule has 0 bridgehead atoms. The summed E-state index contributed by atoms with van der Waals surface area (Å²) in [4.78, 5) is 20.6. The molecule has 0 amide bonds. The second-order valence-corrected chi connectivity index (χ2v) is 14.9. The monoisotopic (exact) mass is 471 g/mol. The van der Waals surface area contributed by atoms with Crippen LogP contribution < -0.4 is 5.76 Å². The summed E-state index contributed by atoms with van der Waals surface area (Å²) >= 11 is 0. The maximum Gasteiger partial charge on any atom is 0.421 e. The van der Waals surface area contributed by atoms with E-state index in [9.17, 15) is 22.4 Å². The lowest BCUT2D eigenvalue weighted by Gasteiger charge is -2.16. The molecule has 0 fully saturated rings. The van der Waals surface area contributed by atoms with E-state index in [-0.39, 0.29) is 29.3 Å². The Bertz CT molecular complexity index is 1160. The minimum absolute atomic E-state index is 0.0687. The molecule has 0 unspecified atom stereocenters. The first-order chi connectivity index (χ1) is 14.7. The van der Waals surface area contributed by atoms with Crippen LogP contribution in [-0.2, 0) is 23.3 Å². The van der Waals surface area contributed by atoms with E-state index in [0.29, 0.717) is 6.61 Å². The number of halogens is 4. The van der Waals surface area contributed by atoms with Crippen molar-refractivity contribution in [2.24, 2.45) is 0 Å². The van der Waals surface area contributed by atoms with E-state index in [1.807, 2.05) is 0 Å². The molecule has 32 heavy (non-hydrogen) atoms. The van der Waals surface area contributed by atoms with Crippen molar-refractivity contribution in [1.29, 1.82) is 0 Å². The van der Waals surface area contributed by atoms with Crippen LogP contribution in [0.25, 0.3) is 22.4 Å². The Hall–Kier alpha value is -2.53. The number of oxazole rings is 1. The number of hydrogen-bond donors (Lipinski definition) is 0. The standard InChI is InChI=1S/C21H25F4N3O3Si/c1-20(2,22)16-11-26-15(10-27-16)13-6-7-14(21(23,24)25)17-18(13)31-19(29)28(17)12-30-8-9-32(3,4)5/h6-7,10-11H,8-9,12H2,1-5H3. The van der Waals surface area contributed by atoms with Gasteiger partial charge in [0, 0.05) is 20.2 Å². The van der Waals surface area contributed by atoms with E-state index in [0.717, 1.165) is 22.7 Å². The van der Waals surface area contributed by atoms with Gasteiger partial charge in [0.2, 0.25) is 0 Å². The number of hydrogen-bond acceptors (Lipinski definition) is 5. The zero-order valence-electron chi connectivity index (χ0n) is 18.5. The molecule has 0 saturated heterocycles. The Labute approximate surface area is 183 Å². The van der Waals surface area contributed by atoms with Crippen LogP contribution in [0.4, 0.5) is 17.6 Å². The van der Waals surface area contributed by atoms with Gasteiger partial charge in [0.1, 0.15) is 17.9 Å². The number of benzene rings is 1. The fourth-order valence-electron chi connectivity index (χ4n) is 3.03.